The van der Waals surface area contributed by atoms with Crippen molar-refractivity contribution in [1.82, 2.24) is 24.7 Å². The number of morpholine rings is 1. The van der Waals surface area contributed by atoms with E-state index in [1.54, 1.807) is 36.0 Å². The molecule has 4 heterocycles. The van der Waals surface area contributed by atoms with Crippen LogP contribution in [0.25, 0.3) is 22.6 Å². The Morgan fingerprint density at radius 1 is 1.37 bits per heavy atom. The number of methoxy groups -OCH3 is 1. The van der Waals surface area contributed by atoms with Crippen molar-refractivity contribution in [1.29, 1.82) is 0 Å². The van der Waals surface area contributed by atoms with Gasteiger partial charge in [-0.15, -0.1) is 0 Å². The average molecular weight is 481 g/mol. The fourth-order valence-corrected chi connectivity index (χ4v) is 3.97. The number of hydrogen-bond donors (Lipinski definition) is 3. The van der Waals surface area contributed by atoms with Crippen LogP contribution in [0.3, 0.4) is 0 Å². The smallest absolute Gasteiger partial charge is 0.258 e. The molecule has 1 saturated heterocycles. The summed E-state index contributed by atoms with van der Waals surface area (Å²) in [5.41, 5.74) is 1.60. The van der Waals surface area contributed by atoms with E-state index < -0.39 is 5.82 Å². The highest BCUT2D eigenvalue weighted by Crippen LogP contribution is 2.27. The fourth-order valence-electron chi connectivity index (χ4n) is 3.97. The molecule has 5 rings (SSSR count). The maximum atomic E-state index is 14.4. The average Bonchev–Trinajstić information content (AvgIpc) is 3.47. The number of aliphatic hydroxyl groups excluding tert-OH is 1. The molecule has 0 bridgehead atoms. The van der Waals surface area contributed by atoms with Crippen molar-refractivity contribution in [3.8, 4) is 17.3 Å². The largest absolute Gasteiger partial charge is 0.497 e. The number of aryl methyl sites for hydroxylation is 1. The molecule has 0 saturated carbocycles. The van der Waals surface area contributed by atoms with Crippen LogP contribution in [0.4, 0.5) is 16.0 Å². The zero-order valence-corrected chi connectivity index (χ0v) is 19.2. The van der Waals surface area contributed by atoms with Gasteiger partial charge >= 0.3 is 0 Å². The molecule has 0 radical (unpaired) electrons. The van der Waals surface area contributed by atoms with Gasteiger partial charge in [0.25, 0.3) is 5.91 Å². The van der Waals surface area contributed by atoms with E-state index in [1.807, 2.05) is 4.90 Å². The molecule has 3 N–H and O–H groups in total. The van der Waals surface area contributed by atoms with Crippen LogP contribution >= 0.6 is 0 Å². The first-order chi connectivity index (χ1) is 16.9. The van der Waals surface area contributed by atoms with E-state index in [-0.39, 0.29) is 24.1 Å². The second-order valence-electron chi connectivity index (χ2n) is 8.11. The molecule has 0 aliphatic carbocycles. The number of anilines is 2. The number of aromatic nitrogens is 5. The first kappa shape index (κ1) is 22.7. The molecule has 1 unspecified atom stereocenters. The summed E-state index contributed by atoms with van der Waals surface area (Å²) in [6, 6.07) is 8.00. The predicted octanol–water partition coefficient (Wildman–Crippen LogP) is 1.96. The number of nitrogens with zero attached hydrogens (tertiary/aromatic N) is 5. The number of hydrogen-bond acceptors (Lipinski definition) is 8. The van der Waals surface area contributed by atoms with Gasteiger partial charge in [-0.05, 0) is 12.1 Å². The predicted molar refractivity (Wildman–Crippen MR) is 126 cm³/mol. The molecule has 0 spiro atoms. The summed E-state index contributed by atoms with van der Waals surface area (Å²) in [5.74, 6) is 0.942. The van der Waals surface area contributed by atoms with Gasteiger partial charge in [-0.2, -0.15) is 5.10 Å². The second-order valence-corrected chi connectivity index (χ2v) is 8.11. The summed E-state index contributed by atoms with van der Waals surface area (Å²) < 4.78 is 26.5. The number of aromatic amines is 1. The quantitative estimate of drug-likeness (QED) is 0.381. The normalized spacial score (nSPS) is 16.0. The number of carbonyl (C=O) groups excluding carboxylic acids is 1. The van der Waals surface area contributed by atoms with Gasteiger partial charge in [0.05, 0.1) is 37.5 Å². The van der Waals surface area contributed by atoms with Crippen LogP contribution in [-0.2, 0) is 11.8 Å². The lowest BCUT2D eigenvalue weighted by molar-refractivity contribution is 0.00336. The van der Waals surface area contributed by atoms with E-state index >= 15 is 0 Å². The van der Waals surface area contributed by atoms with Crippen LogP contribution in [0.5, 0.6) is 5.75 Å². The van der Waals surface area contributed by atoms with Crippen molar-refractivity contribution in [2.45, 2.75) is 6.10 Å². The Morgan fingerprint density at radius 3 is 2.97 bits per heavy atom. The SMILES string of the molecule is COc1cc(F)c2[nH]c(-c3cc(NC(=O)c4ccc(N5CCOC(CO)C5)nc4)nn3C)nc2c1. The van der Waals surface area contributed by atoms with Crippen LogP contribution in [0, 0.1) is 5.82 Å². The number of aliphatic hydroxyl groups is 1. The van der Waals surface area contributed by atoms with Crippen LogP contribution < -0.4 is 15.0 Å². The molecule has 1 aliphatic rings. The number of fused-ring (bicyclic) bond motifs is 1. The van der Waals surface area contributed by atoms with E-state index in [0.717, 1.165) is 0 Å². The second kappa shape index (κ2) is 9.31. The molecule has 182 valence electrons. The van der Waals surface area contributed by atoms with Crippen molar-refractivity contribution in [3.63, 3.8) is 0 Å². The summed E-state index contributed by atoms with van der Waals surface area (Å²) in [6.45, 7) is 1.64. The maximum Gasteiger partial charge on any atom is 0.258 e. The molecule has 35 heavy (non-hydrogen) atoms. The first-order valence-corrected chi connectivity index (χ1v) is 11.0. The van der Waals surface area contributed by atoms with E-state index in [9.17, 15) is 14.3 Å². The van der Waals surface area contributed by atoms with Gasteiger partial charge in [0.1, 0.15) is 22.8 Å². The van der Waals surface area contributed by atoms with E-state index in [2.05, 4.69) is 25.4 Å². The van der Waals surface area contributed by atoms with Crippen molar-refractivity contribution >= 4 is 28.6 Å². The van der Waals surface area contributed by atoms with Gasteiger partial charge in [0.15, 0.2) is 17.5 Å². The van der Waals surface area contributed by atoms with Crippen LogP contribution in [0.1, 0.15) is 10.4 Å². The third-order valence-electron chi connectivity index (χ3n) is 5.79. The topological polar surface area (TPSA) is 130 Å². The summed E-state index contributed by atoms with van der Waals surface area (Å²) in [6.07, 6.45) is 1.24. The Kier molecular flexibility index (Phi) is 6.05. The number of benzene rings is 1. The Morgan fingerprint density at radius 2 is 2.23 bits per heavy atom. The highest BCUT2D eigenvalue weighted by atomic mass is 19.1. The van der Waals surface area contributed by atoms with Gasteiger partial charge in [0.2, 0.25) is 0 Å². The number of imidazole rings is 1. The zero-order valence-electron chi connectivity index (χ0n) is 19.2. The molecule has 1 fully saturated rings. The Labute approximate surface area is 199 Å². The molecular formula is C23H24FN7O4. The molecule has 1 atom stereocenters. The number of ether oxygens (including phenoxy) is 2. The van der Waals surface area contributed by atoms with Gasteiger partial charge < -0.3 is 29.8 Å². The van der Waals surface area contributed by atoms with Gasteiger partial charge in [-0.25, -0.2) is 14.4 Å². The lowest BCUT2D eigenvalue weighted by Crippen LogP contribution is -2.44. The molecular weight excluding hydrogens is 457 g/mol. The van der Waals surface area contributed by atoms with Gasteiger partial charge in [-0.3, -0.25) is 9.48 Å². The standard InChI is InChI=1S/C23H24FN7O4/c1-30-18(22-26-17-8-14(34-2)7-16(24)21(17)28-22)9-19(29-30)27-23(33)13-3-4-20(25-10-13)31-5-6-35-15(11-31)12-32/h3-4,7-10,15,32H,5-6,11-12H2,1-2H3,(H,26,28)(H,27,29,33). The number of halogens is 1. The third-order valence-corrected chi connectivity index (χ3v) is 5.79. The summed E-state index contributed by atoms with van der Waals surface area (Å²) >= 11 is 0. The minimum atomic E-state index is -0.478. The van der Waals surface area contributed by atoms with Gasteiger partial charge in [-0.1, -0.05) is 0 Å². The van der Waals surface area contributed by atoms with Crippen LogP contribution in [0.2, 0.25) is 0 Å². The molecule has 1 aromatic carbocycles. The number of rotatable bonds is 6. The van der Waals surface area contributed by atoms with Crippen LogP contribution in [-0.4, -0.2) is 75.3 Å². The summed E-state index contributed by atoms with van der Waals surface area (Å²) in [5, 5.41) is 16.4. The third kappa shape index (κ3) is 4.53. The van der Waals surface area contributed by atoms with E-state index in [1.165, 1.54) is 19.4 Å². The monoisotopic (exact) mass is 481 g/mol. The van der Waals surface area contributed by atoms with E-state index in [4.69, 9.17) is 9.47 Å². The van der Waals surface area contributed by atoms with Crippen LogP contribution in [0.15, 0.2) is 36.5 Å². The van der Waals surface area contributed by atoms with E-state index in [0.29, 0.717) is 59.7 Å². The number of pyridine rings is 1. The Balaban J connectivity index is 1.31. The van der Waals surface area contributed by atoms with Crippen molar-refractivity contribution in [3.05, 3.63) is 47.9 Å². The Bertz CT molecular complexity index is 1370. The fraction of sp³-hybridized carbons (Fsp3) is 0.304. The molecule has 1 amide bonds. The lowest BCUT2D eigenvalue weighted by Gasteiger charge is -2.32. The molecule has 11 nitrogen and oxygen atoms in total. The minimum Gasteiger partial charge on any atom is -0.497 e. The van der Waals surface area contributed by atoms with Gasteiger partial charge in [0, 0.05) is 44.5 Å². The summed E-state index contributed by atoms with van der Waals surface area (Å²) in [4.78, 5) is 26.6. The van der Waals surface area contributed by atoms with Crippen molar-refractivity contribution in [2.24, 2.45) is 7.05 Å². The minimum absolute atomic E-state index is 0.0553. The summed E-state index contributed by atoms with van der Waals surface area (Å²) in [7, 11) is 3.16. The lowest BCUT2D eigenvalue weighted by atomic mass is 10.2. The first-order valence-electron chi connectivity index (χ1n) is 11.0. The number of amides is 1. The highest BCUT2D eigenvalue weighted by Gasteiger charge is 2.21. The number of carbonyl (C=O) groups is 1. The molecule has 4 aromatic rings. The molecule has 3 aromatic heterocycles. The zero-order chi connectivity index (χ0) is 24.5. The molecule has 1 aliphatic heterocycles. The Hall–Kier alpha value is -4.03. The van der Waals surface area contributed by atoms with Crippen molar-refractivity contribution in [2.75, 3.05) is 43.6 Å². The maximum absolute atomic E-state index is 14.4. The van der Waals surface area contributed by atoms with Crippen molar-refractivity contribution < 1.29 is 23.8 Å². The molecule has 12 heteroatoms. The number of H-pyrrole nitrogens is 1. The highest BCUT2D eigenvalue weighted by molar-refractivity contribution is 6.03. The number of nitrogens with one attached hydrogen (secondary N) is 2.